The summed E-state index contributed by atoms with van der Waals surface area (Å²) in [6, 6.07) is 0.301. The Morgan fingerprint density at radius 3 is 3.19 bits per heavy atom. The minimum atomic E-state index is 0.301. The quantitative estimate of drug-likeness (QED) is 0.732. The average molecular weight is 224 g/mol. The first kappa shape index (κ1) is 11.5. The van der Waals surface area contributed by atoms with Crippen LogP contribution in [0.5, 0.6) is 0 Å². The Labute approximate surface area is 96.0 Å². The zero-order valence-corrected chi connectivity index (χ0v) is 9.83. The number of hydrogen-bond acceptors (Lipinski definition) is 5. The van der Waals surface area contributed by atoms with E-state index in [1.54, 1.807) is 0 Å². The number of hydrogen-bond donors (Lipinski definition) is 2. The van der Waals surface area contributed by atoms with Gasteiger partial charge in [0.05, 0.1) is 6.04 Å². The Kier molecular flexibility index (Phi) is 4.30. The van der Waals surface area contributed by atoms with Crippen molar-refractivity contribution < 1.29 is 4.52 Å². The molecule has 0 saturated carbocycles. The van der Waals surface area contributed by atoms with Crippen molar-refractivity contribution in [1.29, 1.82) is 0 Å². The van der Waals surface area contributed by atoms with E-state index in [2.05, 4.69) is 20.8 Å². The molecule has 2 heterocycles. The van der Waals surface area contributed by atoms with Gasteiger partial charge in [-0.3, -0.25) is 0 Å². The van der Waals surface area contributed by atoms with Gasteiger partial charge in [-0.05, 0) is 39.4 Å². The third kappa shape index (κ3) is 3.02. The van der Waals surface area contributed by atoms with Crippen LogP contribution in [0.3, 0.4) is 0 Å². The molecule has 2 N–H and O–H groups in total. The Hall–Kier alpha value is -0.940. The monoisotopic (exact) mass is 224 g/mol. The van der Waals surface area contributed by atoms with Crippen molar-refractivity contribution in [3.63, 3.8) is 0 Å². The number of nitrogens with zero attached hydrogens (tertiary/aromatic N) is 2. The van der Waals surface area contributed by atoms with E-state index in [-0.39, 0.29) is 0 Å². The molecule has 0 aromatic carbocycles. The SMILES string of the molecule is CNCCCc1nc(C2CCCCN2)no1. The summed E-state index contributed by atoms with van der Waals surface area (Å²) >= 11 is 0. The lowest BCUT2D eigenvalue weighted by Gasteiger charge is -2.19. The fourth-order valence-corrected chi connectivity index (χ4v) is 2.00. The van der Waals surface area contributed by atoms with Gasteiger partial charge >= 0.3 is 0 Å². The molecule has 0 spiro atoms. The van der Waals surface area contributed by atoms with Gasteiger partial charge < -0.3 is 15.2 Å². The minimum absolute atomic E-state index is 0.301. The van der Waals surface area contributed by atoms with Crippen LogP contribution in [-0.2, 0) is 6.42 Å². The molecule has 1 aromatic rings. The summed E-state index contributed by atoms with van der Waals surface area (Å²) in [4.78, 5) is 4.44. The molecule has 0 bridgehead atoms. The van der Waals surface area contributed by atoms with Crippen LogP contribution < -0.4 is 10.6 Å². The molecule has 0 amide bonds. The van der Waals surface area contributed by atoms with E-state index in [0.29, 0.717) is 6.04 Å². The first-order valence-electron chi connectivity index (χ1n) is 6.10. The second kappa shape index (κ2) is 5.96. The van der Waals surface area contributed by atoms with E-state index in [1.165, 1.54) is 12.8 Å². The number of nitrogens with one attached hydrogen (secondary N) is 2. The zero-order valence-electron chi connectivity index (χ0n) is 9.83. The van der Waals surface area contributed by atoms with Crippen molar-refractivity contribution in [2.75, 3.05) is 20.1 Å². The molecular weight excluding hydrogens is 204 g/mol. The van der Waals surface area contributed by atoms with Crippen LogP contribution in [0.15, 0.2) is 4.52 Å². The molecule has 16 heavy (non-hydrogen) atoms. The lowest BCUT2D eigenvalue weighted by atomic mass is 10.0. The van der Waals surface area contributed by atoms with Crippen molar-refractivity contribution in [2.24, 2.45) is 0 Å². The van der Waals surface area contributed by atoms with Gasteiger partial charge in [-0.1, -0.05) is 11.6 Å². The molecule has 1 saturated heterocycles. The lowest BCUT2D eigenvalue weighted by molar-refractivity contribution is 0.347. The molecular formula is C11H20N4O. The van der Waals surface area contributed by atoms with Crippen LogP contribution in [0.2, 0.25) is 0 Å². The van der Waals surface area contributed by atoms with Gasteiger partial charge in [0.2, 0.25) is 5.89 Å². The van der Waals surface area contributed by atoms with Crippen molar-refractivity contribution in [3.05, 3.63) is 11.7 Å². The second-order valence-electron chi connectivity index (χ2n) is 4.26. The van der Waals surface area contributed by atoms with Gasteiger partial charge in [-0.15, -0.1) is 0 Å². The predicted molar refractivity (Wildman–Crippen MR) is 61.1 cm³/mol. The van der Waals surface area contributed by atoms with Crippen LogP contribution in [-0.4, -0.2) is 30.3 Å². The summed E-state index contributed by atoms with van der Waals surface area (Å²) in [5.41, 5.74) is 0. The van der Waals surface area contributed by atoms with E-state index >= 15 is 0 Å². The van der Waals surface area contributed by atoms with Crippen LogP contribution >= 0.6 is 0 Å². The summed E-state index contributed by atoms with van der Waals surface area (Å²) in [5.74, 6) is 1.59. The van der Waals surface area contributed by atoms with Gasteiger partial charge in [0.1, 0.15) is 0 Å². The molecule has 1 unspecified atom stereocenters. The topological polar surface area (TPSA) is 63.0 Å². The van der Waals surface area contributed by atoms with Crippen molar-refractivity contribution in [1.82, 2.24) is 20.8 Å². The molecule has 1 fully saturated rings. The molecule has 5 heteroatoms. The largest absolute Gasteiger partial charge is 0.339 e. The summed E-state index contributed by atoms with van der Waals surface area (Å²) in [7, 11) is 1.95. The summed E-state index contributed by atoms with van der Waals surface area (Å²) < 4.78 is 5.24. The highest BCUT2D eigenvalue weighted by Crippen LogP contribution is 2.20. The van der Waals surface area contributed by atoms with Gasteiger partial charge in [-0.25, -0.2) is 0 Å². The molecule has 1 aliphatic heterocycles. The van der Waals surface area contributed by atoms with E-state index in [1.807, 2.05) is 7.05 Å². The van der Waals surface area contributed by atoms with Gasteiger partial charge in [0.25, 0.3) is 0 Å². The summed E-state index contributed by atoms with van der Waals surface area (Å²) in [6.45, 7) is 2.05. The second-order valence-corrected chi connectivity index (χ2v) is 4.26. The molecule has 0 aliphatic carbocycles. The van der Waals surface area contributed by atoms with Gasteiger partial charge in [0, 0.05) is 6.42 Å². The molecule has 5 nitrogen and oxygen atoms in total. The Balaban J connectivity index is 1.85. The zero-order chi connectivity index (χ0) is 11.2. The fourth-order valence-electron chi connectivity index (χ4n) is 2.00. The van der Waals surface area contributed by atoms with Gasteiger partial charge in [-0.2, -0.15) is 4.98 Å². The van der Waals surface area contributed by atoms with Crippen molar-refractivity contribution >= 4 is 0 Å². The van der Waals surface area contributed by atoms with E-state index in [9.17, 15) is 0 Å². The third-order valence-electron chi connectivity index (χ3n) is 2.92. The van der Waals surface area contributed by atoms with Crippen LogP contribution in [0.4, 0.5) is 0 Å². The minimum Gasteiger partial charge on any atom is -0.339 e. The summed E-state index contributed by atoms with van der Waals surface area (Å²) in [6.07, 6.45) is 5.52. The fraction of sp³-hybridized carbons (Fsp3) is 0.818. The average Bonchev–Trinajstić information content (AvgIpc) is 2.79. The normalized spacial score (nSPS) is 21.2. The third-order valence-corrected chi connectivity index (χ3v) is 2.92. The molecule has 2 rings (SSSR count). The van der Waals surface area contributed by atoms with E-state index < -0.39 is 0 Å². The van der Waals surface area contributed by atoms with Crippen LogP contribution in [0.25, 0.3) is 0 Å². The highest BCUT2D eigenvalue weighted by molar-refractivity contribution is 4.95. The van der Waals surface area contributed by atoms with Crippen molar-refractivity contribution in [2.45, 2.75) is 38.1 Å². The maximum atomic E-state index is 5.24. The molecule has 1 aromatic heterocycles. The molecule has 90 valence electrons. The van der Waals surface area contributed by atoms with E-state index in [0.717, 1.165) is 44.1 Å². The van der Waals surface area contributed by atoms with E-state index in [4.69, 9.17) is 4.52 Å². The first-order valence-corrected chi connectivity index (χ1v) is 6.10. The smallest absolute Gasteiger partial charge is 0.226 e. The number of rotatable bonds is 5. The summed E-state index contributed by atoms with van der Waals surface area (Å²) in [5, 5.41) is 10.6. The number of aromatic nitrogens is 2. The van der Waals surface area contributed by atoms with Crippen LogP contribution in [0, 0.1) is 0 Å². The number of piperidine rings is 1. The first-order chi connectivity index (χ1) is 7.90. The predicted octanol–water partition coefficient (Wildman–Crippen LogP) is 1.04. The van der Waals surface area contributed by atoms with Gasteiger partial charge in [0.15, 0.2) is 5.82 Å². The molecule has 1 aliphatic rings. The highest BCUT2D eigenvalue weighted by Gasteiger charge is 2.19. The Morgan fingerprint density at radius 1 is 1.50 bits per heavy atom. The molecule has 0 radical (unpaired) electrons. The molecule has 1 atom stereocenters. The van der Waals surface area contributed by atoms with Crippen LogP contribution in [0.1, 0.15) is 43.4 Å². The lowest BCUT2D eigenvalue weighted by Crippen LogP contribution is -2.27. The number of aryl methyl sites for hydroxylation is 1. The maximum Gasteiger partial charge on any atom is 0.226 e. The Morgan fingerprint density at radius 2 is 2.44 bits per heavy atom. The van der Waals surface area contributed by atoms with Crippen molar-refractivity contribution in [3.8, 4) is 0 Å². The Bertz CT molecular complexity index is 307. The highest BCUT2D eigenvalue weighted by atomic mass is 16.5. The maximum absolute atomic E-state index is 5.24. The standard InChI is InChI=1S/C11H20N4O/c1-12-7-4-6-10-14-11(15-16-10)9-5-2-3-8-13-9/h9,12-13H,2-8H2,1H3.